The van der Waals surface area contributed by atoms with E-state index in [4.69, 9.17) is 4.74 Å². The molecule has 1 N–H and O–H groups in total. The highest BCUT2D eigenvalue weighted by Crippen LogP contribution is 2.65. The summed E-state index contributed by atoms with van der Waals surface area (Å²) < 4.78 is 6.35. The molecule has 0 unspecified atom stereocenters. The van der Waals surface area contributed by atoms with Crippen molar-refractivity contribution in [3.63, 3.8) is 0 Å². The zero-order valence-electron chi connectivity index (χ0n) is 15.1. The Bertz CT molecular complexity index is 897. The summed E-state index contributed by atoms with van der Waals surface area (Å²) in [6.45, 7) is 0.585. The van der Waals surface area contributed by atoms with Crippen LogP contribution in [0.25, 0.3) is 0 Å². The van der Waals surface area contributed by atoms with Crippen LogP contribution in [0.2, 0.25) is 0 Å². The van der Waals surface area contributed by atoms with Gasteiger partial charge in [-0.2, -0.15) is 0 Å². The molecule has 1 spiro atoms. The molecular formula is C22H22N2O3. The number of hydrogen-bond acceptors (Lipinski definition) is 4. The predicted octanol–water partition coefficient (Wildman–Crippen LogP) is 2.80. The van der Waals surface area contributed by atoms with Crippen LogP contribution >= 0.6 is 0 Å². The van der Waals surface area contributed by atoms with E-state index in [0.717, 1.165) is 25.0 Å². The minimum atomic E-state index is -0.487. The minimum Gasteiger partial charge on any atom is -0.486 e. The molecule has 5 rings (SSSR count). The van der Waals surface area contributed by atoms with E-state index in [9.17, 15) is 9.59 Å². The summed E-state index contributed by atoms with van der Waals surface area (Å²) in [6, 6.07) is 13.3. The average molecular weight is 362 g/mol. The summed E-state index contributed by atoms with van der Waals surface area (Å²) in [6.07, 6.45) is 4.70. The predicted molar refractivity (Wildman–Crippen MR) is 99.4 cm³/mol. The maximum atomic E-state index is 12.7. The van der Waals surface area contributed by atoms with Gasteiger partial charge in [0.25, 0.3) is 0 Å². The van der Waals surface area contributed by atoms with Crippen molar-refractivity contribution in [2.45, 2.75) is 31.3 Å². The number of para-hydroxylation sites is 1. The van der Waals surface area contributed by atoms with Gasteiger partial charge in [0.05, 0.1) is 12.0 Å². The maximum Gasteiger partial charge on any atom is 0.223 e. The fraction of sp³-hybridized carbons (Fsp3) is 0.409. The summed E-state index contributed by atoms with van der Waals surface area (Å²) in [5.41, 5.74) is 1.16. The van der Waals surface area contributed by atoms with E-state index in [1.807, 2.05) is 42.5 Å². The van der Waals surface area contributed by atoms with Gasteiger partial charge in [-0.15, -0.1) is 0 Å². The molecule has 2 fully saturated rings. The average Bonchev–Trinajstić information content (AvgIpc) is 3.34. The van der Waals surface area contributed by atoms with Gasteiger partial charge in [-0.3, -0.25) is 14.6 Å². The van der Waals surface area contributed by atoms with E-state index in [1.54, 1.807) is 6.20 Å². The van der Waals surface area contributed by atoms with Gasteiger partial charge in [-0.25, -0.2) is 0 Å². The van der Waals surface area contributed by atoms with E-state index >= 15 is 0 Å². The topological polar surface area (TPSA) is 68.3 Å². The van der Waals surface area contributed by atoms with Crippen LogP contribution < -0.4 is 10.1 Å². The minimum absolute atomic E-state index is 0.0273. The highest BCUT2D eigenvalue weighted by molar-refractivity contribution is 6.00. The number of Topliss-reactive ketones (excluding diaryl/α,β-unsaturated/α-hetero) is 1. The molecule has 2 saturated carbocycles. The van der Waals surface area contributed by atoms with Gasteiger partial charge < -0.3 is 10.1 Å². The first kappa shape index (κ1) is 16.5. The van der Waals surface area contributed by atoms with Crippen LogP contribution in [0.5, 0.6) is 5.75 Å². The largest absolute Gasteiger partial charge is 0.486 e. The number of ketones is 1. The van der Waals surface area contributed by atoms with Crippen LogP contribution in [0.1, 0.15) is 35.3 Å². The van der Waals surface area contributed by atoms with Gasteiger partial charge in [0.2, 0.25) is 5.91 Å². The molecule has 27 heavy (non-hydrogen) atoms. The number of carbonyl (C=O) groups is 2. The Balaban J connectivity index is 1.25. The smallest absolute Gasteiger partial charge is 0.223 e. The van der Waals surface area contributed by atoms with Crippen LogP contribution in [-0.2, 0) is 11.2 Å². The third-order valence-corrected chi connectivity index (χ3v) is 6.35. The molecule has 3 aliphatic rings. The second kappa shape index (κ2) is 6.19. The van der Waals surface area contributed by atoms with Gasteiger partial charge in [-0.1, -0.05) is 18.2 Å². The summed E-state index contributed by atoms with van der Waals surface area (Å²) in [4.78, 5) is 29.6. The summed E-state index contributed by atoms with van der Waals surface area (Å²) >= 11 is 0. The van der Waals surface area contributed by atoms with Crippen molar-refractivity contribution in [3.05, 3.63) is 59.9 Å². The van der Waals surface area contributed by atoms with E-state index in [-0.39, 0.29) is 23.5 Å². The first-order chi connectivity index (χ1) is 13.2. The Morgan fingerprint density at radius 1 is 1.22 bits per heavy atom. The number of benzene rings is 1. The fourth-order valence-electron chi connectivity index (χ4n) is 5.10. The lowest BCUT2D eigenvalue weighted by Crippen LogP contribution is -2.44. The Kier molecular flexibility index (Phi) is 3.78. The van der Waals surface area contributed by atoms with Crippen molar-refractivity contribution in [1.29, 1.82) is 0 Å². The molecule has 1 aromatic heterocycles. The number of nitrogens with one attached hydrogen (secondary N) is 1. The Labute approximate surface area is 158 Å². The molecule has 1 amide bonds. The summed E-state index contributed by atoms with van der Waals surface area (Å²) in [7, 11) is 0. The number of carbonyl (C=O) groups excluding carboxylic acids is 2. The molecule has 1 aromatic carbocycles. The van der Waals surface area contributed by atoms with Gasteiger partial charge >= 0.3 is 0 Å². The molecule has 0 saturated heterocycles. The first-order valence-electron chi connectivity index (χ1n) is 9.67. The zero-order chi connectivity index (χ0) is 18.4. The van der Waals surface area contributed by atoms with Gasteiger partial charge in [0, 0.05) is 36.7 Å². The molecule has 138 valence electrons. The SMILES string of the molecule is O=C1C[C@]2(CC[C@H]3[C@@H](C(=O)NCCc4ccccn4)[C@@H]32)Oc2ccccc21. The van der Waals surface area contributed by atoms with Gasteiger partial charge in [0.1, 0.15) is 11.4 Å². The van der Waals surface area contributed by atoms with Gasteiger partial charge in [-0.05, 0) is 43.0 Å². The molecule has 5 nitrogen and oxygen atoms in total. The Morgan fingerprint density at radius 2 is 2.07 bits per heavy atom. The number of hydrogen-bond donors (Lipinski definition) is 1. The third kappa shape index (κ3) is 2.73. The van der Waals surface area contributed by atoms with Crippen LogP contribution in [-0.4, -0.2) is 28.8 Å². The van der Waals surface area contributed by atoms with E-state index in [1.165, 1.54) is 0 Å². The summed E-state index contributed by atoms with van der Waals surface area (Å²) in [5.74, 6) is 1.38. The fourth-order valence-corrected chi connectivity index (χ4v) is 5.10. The Hall–Kier alpha value is -2.69. The number of nitrogens with zero attached hydrogens (tertiary/aromatic N) is 1. The van der Waals surface area contributed by atoms with Crippen molar-refractivity contribution in [3.8, 4) is 5.75 Å². The quantitative estimate of drug-likeness (QED) is 0.908. The molecule has 5 heteroatoms. The molecule has 0 radical (unpaired) electrons. The zero-order valence-corrected chi connectivity index (χ0v) is 15.1. The Morgan fingerprint density at radius 3 is 2.93 bits per heavy atom. The van der Waals surface area contributed by atoms with E-state index in [2.05, 4.69) is 10.3 Å². The lowest BCUT2D eigenvalue weighted by Gasteiger charge is -2.37. The molecular weight excluding hydrogens is 340 g/mol. The van der Waals surface area contributed by atoms with Crippen LogP contribution in [0.15, 0.2) is 48.7 Å². The second-order valence-corrected chi connectivity index (χ2v) is 7.88. The van der Waals surface area contributed by atoms with Crippen molar-refractivity contribution in [1.82, 2.24) is 10.3 Å². The standard InChI is InChI=1S/C22H22N2O3/c25-17-13-22(27-18-7-2-1-6-15(17)18)10-8-16-19(20(16)22)21(26)24-12-9-14-5-3-4-11-23-14/h1-7,11,16,19-20H,8-10,12-13H2,(H,24,26)/t16-,19+,20+,22-/m0/s1. The summed E-state index contributed by atoms with van der Waals surface area (Å²) in [5, 5.41) is 3.05. The number of pyridine rings is 1. The number of aromatic nitrogens is 1. The first-order valence-corrected chi connectivity index (χ1v) is 9.67. The number of amides is 1. The van der Waals surface area contributed by atoms with E-state index in [0.29, 0.717) is 30.2 Å². The van der Waals surface area contributed by atoms with Crippen LogP contribution in [0.3, 0.4) is 0 Å². The molecule has 1 aliphatic heterocycles. The number of fused-ring (bicyclic) bond motifs is 3. The van der Waals surface area contributed by atoms with Crippen LogP contribution in [0.4, 0.5) is 0 Å². The second-order valence-electron chi connectivity index (χ2n) is 7.88. The molecule has 2 aromatic rings. The number of rotatable bonds is 4. The molecule has 0 bridgehead atoms. The normalized spacial score (nSPS) is 30.4. The maximum absolute atomic E-state index is 12.7. The lowest BCUT2D eigenvalue weighted by atomic mass is 9.84. The van der Waals surface area contributed by atoms with Crippen molar-refractivity contribution < 1.29 is 14.3 Å². The number of ether oxygens (including phenoxy) is 1. The van der Waals surface area contributed by atoms with Crippen molar-refractivity contribution in [2.24, 2.45) is 17.8 Å². The lowest BCUT2D eigenvalue weighted by molar-refractivity contribution is -0.124. The van der Waals surface area contributed by atoms with Crippen molar-refractivity contribution >= 4 is 11.7 Å². The highest BCUT2D eigenvalue weighted by atomic mass is 16.5. The van der Waals surface area contributed by atoms with Gasteiger partial charge in [0.15, 0.2) is 5.78 Å². The monoisotopic (exact) mass is 362 g/mol. The molecule has 2 heterocycles. The highest BCUT2D eigenvalue weighted by Gasteiger charge is 2.70. The van der Waals surface area contributed by atoms with Crippen LogP contribution in [0, 0.1) is 17.8 Å². The van der Waals surface area contributed by atoms with Crippen molar-refractivity contribution in [2.75, 3.05) is 6.54 Å². The third-order valence-electron chi connectivity index (χ3n) is 6.35. The van der Waals surface area contributed by atoms with E-state index < -0.39 is 5.60 Å². The molecule has 2 aliphatic carbocycles. The molecule has 4 atom stereocenters.